The van der Waals surface area contributed by atoms with E-state index in [-0.39, 0.29) is 11.3 Å². The lowest BCUT2D eigenvalue weighted by molar-refractivity contribution is 0.529. The molecule has 1 unspecified atom stereocenters. The summed E-state index contributed by atoms with van der Waals surface area (Å²) in [4.78, 5) is 17.5. The minimum Gasteiger partial charge on any atom is -0.361 e. The molecule has 7 heteroatoms. The Morgan fingerprint density at radius 3 is 2.88 bits per heavy atom. The van der Waals surface area contributed by atoms with Crippen molar-refractivity contribution in [1.82, 2.24) is 24.5 Å². The van der Waals surface area contributed by atoms with Gasteiger partial charge in [-0.05, 0) is 43.0 Å². The number of fused-ring (bicyclic) bond motifs is 1. The van der Waals surface area contributed by atoms with Gasteiger partial charge in [0.25, 0.3) is 0 Å². The number of pyridine rings is 1. The van der Waals surface area contributed by atoms with Crippen LogP contribution in [0.25, 0.3) is 11.2 Å². The van der Waals surface area contributed by atoms with Gasteiger partial charge in [0.05, 0.1) is 12.4 Å². The Hall–Kier alpha value is -2.21. The van der Waals surface area contributed by atoms with Gasteiger partial charge in [-0.15, -0.1) is 0 Å². The highest BCUT2D eigenvalue weighted by atomic mass is 35.5. The van der Waals surface area contributed by atoms with Crippen molar-refractivity contribution in [1.29, 1.82) is 0 Å². The number of nitrogens with zero attached hydrogens (tertiary/aromatic N) is 5. The number of hydrogen-bond acceptors (Lipinski definition) is 5. The Morgan fingerprint density at radius 2 is 2.12 bits per heavy atom. The molecule has 0 spiro atoms. The molecule has 6 nitrogen and oxygen atoms in total. The highest BCUT2D eigenvalue weighted by molar-refractivity contribution is 6.28. The highest BCUT2D eigenvalue weighted by Gasteiger charge is 2.22. The number of aromatic nitrogens is 5. The van der Waals surface area contributed by atoms with Crippen LogP contribution in [-0.4, -0.2) is 24.5 Å². The van der Waals surface area contributed by atoms with Crippen LogP contribution >= 0.6 is 11.6 Å². The fourth-order valence-corrected chi connectivity index (χ4v) is 3.53. The summed E-state index contributed by atoms with van der Waals surface area (Å²) < 4.78 is 2.15. The molecule has 0 aliphatic heterocycles. The van der Waals surface area contributed by atoms with Crippen molar-refractivity contribution in [2.24, 2.45) is 0 Å². The third-order valence-electron chi connectivity index (χ3n) is 4.65. The maximum atomic E-state index is 6.17. The van der Waals surface area contributed by atoms with E-state index in [0.29, 0.717) is 11.9 Å². The van der Waals surface area contributed by atoms with E-state index in [9.17, 15) is 0 Å². The molecule has 1 saturated carbocycles. The summed E-state index contributed by atoms with van der Waals surface area (Å²) in [5.41, 5.74) is 2.65. The van der Waals surface area contributed by atoms with E-state index in [2.05, 4.69) is 36.7 Å². The lowest BCUT2D eigenvalue weighted by Gasteiger charge is -2.15. The zero-order valence-electron chi connectivity index (χ0n) is 13.5. The molecule has 0 amide bonds. The van der Waals surface area contributed by atoms with Gasteiger partial charge < -0.3 is 9.88 Å². The summed E-state index contributed by atoms with van der Waals surface area (Å²) in [6, 6.07) is 4.46. The molecular weight excluding hydrogens is 324 g/mol. The number of rotatable bonds is 4. The van der Waals surface area contributed by atoms with Crippen LogP contribution < -0.4 is 5.32 Å². The average Bonchev–Trinajstić information content (AvgIpc) is 3.24. The van der Waals surface area contributed by atoms with E-state index in [1.807, 2.05) is 24.7 Å². The van der Waals surface area contributed by atoms with Crippen LogP contribution in [0.5, 0.6) is 0 Å². The van der Waals surface area contributed by atoms with E-state index < -0.39 is 0 Å². The van der Waals surface area contributed by atoms with Crippen molar-refractivity contribution in [3.05, 3.63) is 41.7 Å². The van der Waals surface area contributed by atoms with E-state index in [4.69, 9.17) is 11.6 Å². The number of imidazole rings is 1. The molecule has 1 fully saturated rings. The molecule has 0 aromatic carbocycles. The molecular formula is C17H19ClN6. The van der Waals surface area contributed by atoms with Gasteiger partial charge in [0.1, 0.15) is 0 Å². The SMILES string of the molecule is CC(Nc1nc(Cl)nc2c1ncn2C1CCCC1)c1cccnc1. The summed E-state index contributed by atoms with van der Waals surface area (Å²) in [7, 11) is 0. The van der Waals surface area contributed by atoms with E-state index in [1.165, 1.54) is 25.7 Å². The first-order chi connectivity index (χ1) is 11.7. The van der Waals surface area contributed by atoms with Gasteiger partial charge >= 0.3 is 0 Å². The fourth-order valence-electron chi connectivity index (χ4n) is 3.36. The van der Waals surface area contributed by atoms with Crippen molar-refractivity contribution < 1.29 is 0 Å². The minimum atomic E-state index is 0.0458. The van der Waals surface area contributed by atoms with Gasteiger partial charge in [-0.1, -0.05) is 18.9 Å². The molecule has 1 aliphatic rings. The topological polar surface area (TPSA) is 68.5 Å². The summed E-state index contributed by atoms with van der Waals surface area (Å²) in [6.07, 6.45) is 10.3. The van der Waals surface area contributed by atoms with Crippen LogP contribution in [0.3, 0.4) is 0 Å². The molecule has 3 aromatic heterocycles. The van der Waals surface area contributed by atoms with Gasteiger partial charge in [-0.2, -0.15) is 9.97 Å². The Labute approximate surface area is 145 Å². The zero-order valence-corrected chi connectivity index (χ0v) is 14.2. The molecule has 4 rings (SSSR count). The molecule has 124 valence electrons. The largest absolute Gasteiger partial charge is 0.361 e. The fraction of sp³-hybridized carbons (Fsp3) is 0.412. The zero-order chi connectivity index (χ0) is 16.5. The normalized spacial score (nSPS) is 16.6. The Morgan fingerprint density at radius 1 is 1.29 bits per heavy atom. The summed E-state index contributed by atoms with van der Waals surface area (Å²) in [6.45, 7) is 2.06. The maximum Gasteiger partial charge on any atom is 0.226 e. The molecule has 1 atom stereocenters. The van der Waals surface area contributed by atoms with Crippen molar-refractivity contribution in [3.8, 4) is 0 Å². The number of halogens is 1. The lowest BCUT2D eigenvalue weighted by Crippen LogP contribution is -2.10. The predicted molar refractivity (Wildman–Crippen MR) is 94.1 cm³/mol. The van der Waals surface area contributed by atoms with E-state index >= 15 is 0 Å². The molecule has 0 radical (unpaired) electrons. The Kier molecular flexibility index (Phi) is 4.06. The molecule has 0 bridgehead atoms. The third-order valence-corrected chi connectivity index (χ3v) is 4.82. The van der Waals surface area contributed by atoms with E-state index in [0.717, 1.165) is 16.7 Å². The van der Waals surface area contributed by atoms with Crippen LogP contribution in [0.15, 0.2) is 30.9 Å². The van der Waals surface area contributed by atoms with Gasteiger partial charge in [0, 0.05) is 18.4 Å². The van der Waals surface area contributed by atoms with Crippen molar-refractivity contribution in [2.45, 2.75) is 44.7 Å². The molecule has 24 heavy (non-hydrogen) atoms. The first-order valence-corrected chi connectivity index (χ1v) is 8.66. The molecule has 3 heterocycles. The van der Waals surface area contributed by atoms with Crippen molar-refractivity contribution >= 4 is 28.6 Å². The first kappa shape index (κ1) is 15.3. The molecule has 0 saturated heterocycles. The van der Waals surface area contributed by atoms with Crippen LogP contribution in [0.1, 0.15) is 50.3 Å². The van der Waals surface area contributed by atoms with Crippen LogP contribution in [0, 0.1) is 0 Å². The summed E-state index contributed by atoms with van der Waals surface area (Å²) in [5, 5.41) is 3.63. The quantitative estimate of drug-likeness (QED) is 0.721. The monoisotopic (exact) mass is 342 g/mol. The van der Waals surface area contributed by atoms with Gasteiger partial charge in [-0.3, -0.25) is 4.98 Å². The smallest absolute Gasteiger partial charge is 0.226 e. The highest BCUT2D eigenvalue weighted by Crippen LogP contribution is 2.33. The van der Waals surface area contributed by atoms with Crippen LogP contribution in [0.2, 0.25) is 5.28 Å². The third kappa shape index (κ3) is 2.82. The van der Waals surface area contributed by atoms with E-state index in [1.54, 1.807) is 6.20 Å². The second-order valence-electron chi connectivity index (χ2n) is 6.26. The van der Waals surface area contributed by atoms with Crippen molar-refractivity contribution in [2.75, 3.05) is 5.32 Å². The number of anilines is 1. The molecule has 3 aromatic rings. The van der Waals surface area contributed by atoms with Crippen LogP contribution in [0.4, 0.5) is 5.82 Å². The van der Waals surface area contributed by atoms with Gasteiger partial charge in [0.15, 0.2) is 17.0 Å². The summed E-state index contributed by atoms with van der Waals surface area (Å²) in [5.74, 6) is 0.665. The number of nitrogens with one attached hydrogen (secondary N) is 1. The van der Waals surface area contributed by atoms with Crippen molar-refractivity contribution in [3.63, 3.8) is 0 Å². The standard InChI is InChI=1S/C17H19ClN6/c1-11(12-5-4-8-19-9-12)21-15-14-16(23-17(18)22-15)24(10-20-14)13-6-2-3-7-13/h4-5,8-11,13H,2-3,6-7H2,1H3,(H,21,22,23). The van der Waals surface area contributed by atoms with Gasteiger partial charge in [0.2, 0.25) is 5.28 Å². The first-order valence-electron chi connectivity index (χ1n) is 8.29. The van der Waals surface area contributed by atoms with Crippen LogP contribution in [-0.2, 0) is 0 Å². The van der Waals surface area contributed by atoms with Gasteiger partial charge in [-0.25, -0.2) is 4.98 Å². The second-order valence-corrected chi connectivity index (χ2v) is 6.59. The second kappa shape index (κ2) is 6.36. The Bertz CT molecular complexity index is 841. The molecule has 1 N–H and O–H groups in total. The number of hydrogen-bond donors (Lipinski definition) is 1. The molecule has 1 aliphatic carbocycles. The predicted octanol–water partition coefficient (Wildman–Crippen LogP) is 4.16. The lowest BCUT2D eigenvalue weighted by atomic mass is 10.1. The average molecular weight is 343 g/mol. The summed E-state index contributed by atoms with van der Waals surface area (Å²) >= 11 is 6.17. The minimum absolute atomic E-state index is 0.0458. The Balaban J connectivity index is 1.70. The maximum absolute atomic E-state index is 6.17.